The topological polar surface area (TPSA) is 64.1 Å². The molecule has 0 fully saturated rings. The fraction of sp³-hybridized carbons (Fsp3) is 0.182. The number of nitrogens with zero attached hydrogens (tertiary/aromatic N) is 1. The van der Waals surface area contributed by atoms with Gasteiger partial charge in [0.15, 0.2) is 0 Å². The summed E-state index contributed by atoms with van der Waals surface area (Å²) in [5.41, 5.74) is 6.51. The minimum absolute atomic E-state index is 0.113. The molecule has 2 rings (SSSR count). The highest BCUT2D eigenvalue weighted by Crippen LogP contribution is 2.19. The number of pyridine rings is 1. The van der Waals surface area contributed by atoms with E-state index < -0.39 is 0 Å². The van der Waals surface area contributed by atoms with E-state index in [1.165, 1.54) is 0 Å². The zero-order valence-corrected chi connectivity index (χ0v) is 8.47. The van der Waals surface area contributed by atoms with Gasteiger partial charge in [0.25, 0.3) is 0 Å². The first-order chi connectivity index (χ1) is 7.25. The van der Waals surface area contributed by atoms with Crippen molar-refractivity contribution in [2.75, 3.05) is 11.1 Å². The van der Waals surface area contributed by atoms with Gasteiger partial charge < -0.3 is 15.5 Å². The molecule has 3 N–H and O–H groups in total. The van der Waals surface area contributed by atoms with Crippen LogP contribution in [0.5, 0.6) is 0 Å². The van der Waals surface area contributed by atoms with Gasteiger partial charge in [0.1, 0.15) is 11.6 Å². The molecule has 2 heterocycles. The van der Waals surface area contributed by atoms with E-state index in [0.717, 1.165) is 11.4 Å². The lowest BCUT2D eigenvalue weighted by Gasteiger charge is -2.12. The van der Waals surface area contributed by atoms with Crippen molar-refractivity contribution in [3.63, 3.8) is 0 Å². The Morgan fingerprint density at radius 2 is 2.33 bits per heavy atom. The van der Waals surface area contributed by atoms with E-state index in [2.05, 4.69) is 10.3 Å². The van der Waals surface area contributed by atoms with Crippen LogP contribution in [0.3, 0.4) is 0 Å². The minimum atomic E-state index is 0.113. The third-order valence-corrected chi connectivity index (χ3v) is 2.13. The minimum Gasteiger partial charge on any atom is -0.467 e. The normalized spacial score (nSPS) is 12.3. The molecule has 2 aromatic rings. The van der Waals surface area contributed by atoms with Gasteiger partial charge in [0.05, 0.1) is 12.3 Å². The molecule has 0 saturated carbocycles. The number of nitrogen functional groups attached to an aromatic ring is 1. The van der Waals surface area contributed by atoms with E-state index in [4.69, 9.17) is 10.2 Å². The van der Waals surface area contributed by atoms with Gasteiger partial charge in [-0.3, -0.25) is 0 Å². The van der Waals surface area contributed by atoms with E-state index in [9.17, 15) is 0 Å². The number of hydrogen-bond donors (Lipinski definition) is 2. The Morgan fingerprint density at radius 3 is 3.00 bits per heavy atom. The van der Waals surface area contributed by atoms with Crippen LogP contribution < -0.4 is 11.1 Å². The molecule has 0 spiro atoms. The molecule has 0 amide bonds. The first-order valence-corrected chi connectivity index (χ1v) is 4.77. The molecule has 0 radical (unpaired) electrons. The Balaban J connectivity index is 2.09. The van der Waals surface area contributed by atoms with Gasteiger partial charge in [-0.25, -0.2) is 4.98 Å². The molecule has 0 aliphatic heterocycles. The fourth-order valence-corrected chi connectivity index (χ4v) is 1.40. The monoisotopic (exact) mass is 203 g/mol. The second-order valence-electron chi connectivity index (χ2n) is 3.35. The highest BCUT2D eigenvalue weighted by Gasteiger charge is 2.07. The van der Waals surface area contributed by atoms with Crippen LogP contribution in [0.1, 0.15) is 18.7 Å². The van der Waals surface area contributed by atoms with Gasteiger partial charge in [-0.05, 0) is 25.1 Å². The van der Waals surface area contributed by atoms with Gasteiger partial charge in [-0.15, -0.1) is 0 Å². The van der Waals surface area contributed by atoms with Crippen LogP contribution in [-0.4, -0.2) is 4.98 Å². The number of nitrogens with one attached hydrogen (secondary N) is 1. The van der Waals surface area contributed by atoms with Crippen LogP contribution in [0.25, 0.3) is 0 Å². The van der Waals surface area contributed by atoms with Crippen molar-refractivity contribution < 1.29 is 4.42 Å². The number of nitrogens with two attached hydrogens (primary N) is 1. The highest BCUT2D eigenvalue weighted by atomic mass is 16.3. The summed E-state index contributed by atoms with van der Waals surface area (Å²) in [4.78, 5) is 3.92. The number of furan rings is 1. The lowest BCUT2D eigenvalue weighted by molar-refractivity contribution is 0.490. The second kappa shape index (κ2) is 4.04. The van der Waals surface area contributed by atoms with Gasteiger partial charge >= 0.3 is 0 Å². The number of hydrogen-bond acceptors (Lipinski definition) is 4. The van der Waals surface area contributed by atoms with Crippen molar-refractivity contribution in [1.82, 2.24) is 4.98 Å². The molecule has 0 aliphatic carbocycles. The molecular weight excluding hydrogens is 190 g/mol. The molecule has 78 valence electrons. The fourth-order valence-electron chi connectivity index (χ4n) is 1.40. The van der Waals surface area contributed by atoms with Gasteiger partial charge in [-0.2, -0.15) is 0 Å². The first-order valence-electron chi connectivity index (χ1n) is 4.77. The van der Waals surface area contributed by atoms with Gasteiger partial charge in [0.2, 0.25) is 0 Å². The van der Waals surface area contributed by atoms with Crippen molar-refractivity contribution in [2.45, 2.75) is 13.0 Å². The van der Waals surface area contributed by atoms with Crippen LogP contribution in [0.4, 0.5) is 11.5 Å². The van der Waals surface area contributed by atoms with Crippen molar-refractivity contribution in [3.05, 3.63) is 42.5 Å². The summed E-state index contributed by atoms with van der Waals surface area (Å²) in [6, 6.07) is 7.58. The van der Waals surface area contributed by atoms with Crippen molar-refractivity contribution in [3.8, 4) is 0 Å². The Labute approximate surface area is 88.1 Å². The summed E-state index contributed by atoms with van der Waals surface area (Å²) in [6.07, 6.45) is 3.33. The second-order valence-corrected chi connectivity index (χ2v) is 3.35. The zero-order chi connectivity index (χ0) is 10.7. The van der Waals surface area contributed by atoms with Gasteiger partial charge in [-0.1, -0.05) is 0 Å². The maximum absolute atomic E-state index is 5.58. The Bertz CT molecular complexity index is 425. The van der Waals surface area contributed by atoms with E-state index in [1.807, 2.05) is 25.1 Å². The lowest BCUT2D eigenvalue weighted by atomic mass is 10.2. The lowest BCUT2D eigenvalue weighted by Crippen LogP contribution is -2.06. The summed E-state index contributed by atoms with van der Waals surface area (Å²) in [7, 11) is 0. The van der Waals surface area contributed by atoms with Crippen molar-refractivity contribution in [1.29, 1.82) is 0 Å². The SMILES string of the molecule is CC(Nc1ccnc(N)c1)c1ccco1. The standard InChI is InChI=1S/C11H13N3O/c1-8(10-3-2-6-15-10)14-9-4-5-13-11(12)7-9/h2-8H,1H3,(H3,12,13,14). The third kappa shape index (κ3) is 2.28. The molecule has 0 bridgehead atoms. The third-order valence-electron chi connectivity index (χ3n) is 2.13. The molecule has 0 aliphatic rings. The first kappa shape index (κ1) is 9.58. The summed E-state index contributed by atoms with van der Waals surface area (Å²) >= 11 is 0. The molecule has 1 atom stereocenters. The van der Waals surface area contributed by atoms with E-state index in [0.29, 0.717) is 5.82 Å². The van der Waals surface area contributed by atoms with Crippen LogP contribution in [0, 0.1) is 0 Å². The molecule has 15 heavy (non-hydrogen) atoms. The molecule has 4 heteroatoms. The van der Waals surface area contributed by atoms with Crippen LogP contribution >= 0.6 is 0 Å². The van der Waals surface area contributed by atoms with Crippen LogP contribution in [0.15, 0.2) is 41.1 Å². The Kier molecular flexibility index (Phi) is 2.58. The molecule has 2 aromatic heterocycles. The van der Waals surface area contributed by atoms with Crippen LogP contribution in [-0.2, 0) is 0 Å². The summed E-state index contributed by atoms with van der Waals surface area (Å²) < 4.78 is 5.29. The Hall–Kier alpha value is -1.97. The highest BCUT2D eigenvalue weighted by molar-refractivity contribution is 5.50. The van der Waals surface area contributed by atoms with E-state index in [-0.39, 0.29) is 6.04 Å². The summed E-state index contributed by atoms with van der Waals surface area (Å²) in [6.45, 7) is 2.02. The van der Waals surface area contributed by atoms with Crippen molar-refractivity contribution >= 4 is 11.5 Å². The van der Waals surface area contributed by atoms with Crippen LogP contribution in [0.2, 0.25) is 0 Å². The molecule has 1 unspecified atom stereocenters. The van der Waals surface area contributed by atoms with E-state index in [1.54, 1.807) is 18.5 Å². The van der Waals surface area contributed by atoms with Gasteiger partial charge in [0, 0.05) is 18.0 Å². The average molecular weight is 203 g/mol. The quantitative estimate of drug-likeness (QED) is 0.804. The zero-order valence-electron chi connectivity index (χ0n) is 8.47. The molecular formula is C11H13N3O. The average Bonchev–Trinajstić information content (AvgIpc) is 2.70. The van der Waals surface area contributed by atoms with Crippen molar-refractivity contribution in [2.24, 2.45) is 0 Å². The number of aromatic nitrogens is 1. The summed E-state index contributed by atoms with van der Waals surface area (Å²) in [5, 5.41) is 3.27. The predicted molar refractivity (Wildman–Crippen MR) is 59.4 cm³/mol. The summed E-state index contributed by atoms with van der Waals surface area (Å²) in [5.74, 6) is 1.40. The van der Waals surface area contributed by atoms with E-state index >= 15 is 0 Å². The Morgan fingerprint density at radius 1 is 1.47 bits per heavy atom. The predicted octanol–water partition coefficient (Wildman–Crippen LogP) is 2.43. The molecule has 0 aromatic carbocycles. The maximum Gasteiger partial charge on any atom is 0.125 e. The largest absolute Gasteiger partial charge is 0.467 e. The number of anilines is 2. The maximum atomic E-state index is 5.58. The smallest absolute Gasteiger partial charge is 0.125 e. The molecule has 0 saturated heterocycles. The molecule has 4 nitrogen and oxygen atoms in total. The number of rotatable bonds is 3.